The van der Waals surface area contributed by atoms with E-state index in [0.717, 1.165) is 24.1 Å². The minimum atomic E-state index is 0.298. The van der Waals surface area contributed by atoms with Crippen molar-refractivity contribution in [2.75, 3.05) is 13.1 Å². The molecule has 1 fully saturated rings. The SMILES string of the molecule is CCC1CNC(C(C)(C)C)CN1Cc1cncc(Br)c1. The number of rotatable bonds is 3. The molecule has 0 bridgehead atoms. The first-order valence-corrected chi connectivity index (χ1v) is 8.26. The lowest BCUT2D eigenvalue weighted by molar-refractivity contribution is 0.0774. The van der Waals surface area contributed by atoms with Gasteiger partial charge in [-0.15, -0.1) is 0 Å². The predicted molar refractivity (Wildman–Crippen MR) is 87.7 cm³/mol. The molecule has 1 aromatic heterocycles. The molecule has 0 saturated carbocycles. The summed E-state index contributed by atoms with van der Waals surface area (Å²) in [5, 5.41) is 3.72. The van der Waals surface area contributed by atoms with Crippen molar-refractivity contribution >= 4 is 15.9 Å². The molecule has 20 heavy (non-hydrogen) atoms. The zero-order chi connectivity index (χ0) is 14.8. The molecular weight excluding hydrogens is 314 g/mol. The van der Waals surface area contributed by atoms with Crippen LogP contribution in [0.15, 0.2) is 22.9 Å². The molecule has 0 aliphatic carbocycles. The van der Waals surface area contributed by atoms with Crippen LogP contribution in [0.5, 0.6) is 0 Å². The van der Waals surface area contributed by atoms with E-state index < -0.39 is 0 Å². The number of pyridine rings is 1. The maximum Gasteiger partial charge on any atom is 0.0410 e. The summed E-state index contributed by atoms with van der Waals surface area (Å²) in [4.78, 5) is 6.89. The normalized spacial score (nSPS) is 24.9. The van der Waals surface area contributed by atoms with E-state index in [4.69, 9.17) is 0 Å². The highest BCUT2D eigenvalue weighted by Crippen LogP contribution is 2.25. The highest BCUT2D eigenvalue weighted by atomic mass is 79.9. The van der Waals surface area contributed by atoms with Gasteiger partial charge in [-0.2, -0.15) is 0 Å². The van der Waals surface area contributed by atoms with E-state index in [1.54, 1.807) is 0 Å². The van der Waals surface area contributed by atoms with Crippen molar-refractivity contribution in [3.05, 3.63) is 28.5 Å². The Hall–Kier alpha value is -0.450. The van der Waals surface area contributed by atoms with Gasteiger partial charge in [-0.25, -0.2) is 0 Å². The van der Waals surface area contributed by atoms with Gasteiger partial charge in [0, 0.05) is 48.6 Å². The second-order valence-electron chi connectivity index (χ2n) is 6.83. The first kappa shape index (κ1) is 15.9. The molecule has 4 heteroatoms. The van der Waals surface area contributed by atoms with Gasteiger partial charge in [-0.3, -0.25) is 9.88 Å². The van der Waals surface area contributed by atoms with Crippen molar-refractivity contribution < 1.29 is 0 Å². The number of hydrogen-bond donors (Lipinski definition) is 1. The summed E-state index contributed by atoms with van der Waals surface area (Å²) in [6.07, 6.45) is 5.01. The Morgan fingerprint density at radius 2 is 2.15 bits per heavy atom. The van der Waals surface area contributed by atoms with Crippen molar-refractivity contribution in [3.63, 3.8) is 0 Å². The topological polar surface area (TPSA) is 28.2 Å². The lowest BCUT2D eigenvalue weighted by atomic mass is 9.84. The standard InChI is InChI=1S/C16H26BrN3/c1-5-14-9-19-15(16(2,3)4)11-20(14)10-12-6-13(17)8-18-7-12/h6-8,14-15,19H,5,9-11H2,1-4H3. The second-order valence-corrected chi connectivity index (χ2v) is 7.75. The maximum atomic E-state index is 4.28. The minimum absolute atomic E-state index is 0.298. The number of nitrogens with zero attached hydrogens (tertiary/aromatic N) is 2. The summed E-state index contributed by atoms with van der Waals surface area (Å²) in [6.45, 7) is 12.4. The Balaban J connectivity index is 2.09. The van der Waals surface area contributed by atoms with Gasteiger partial charge in [-0.1, -0.05) is 27.7 Å². The highest BCUT2D eigenvalue weighted by molar-refractivity contribution is 9.10. The number of halogens is 1. The summed E-state index contributed by atoms with van der Waals surface area (Å²) in [6, 6.07) is 3.34. The van der Waals surface area contributed by atoms with Crippen molar-refractivity contribution in [3.8, 4) is 0 Å². The van der Waals surface area contributed by atoms with Gasteiger partial charge in [-0.05, 0) is 39.4 Å². The number of piperazine rings is 1. The van der Waals surface area contributed by atoms with Crippen LogP contribution in [0, 0.1) is 5.41 Å². The molecule has 2 heterocycles. The van der Waals surface area contributed by atoms with Crippen molar-refractivity contribution in [2.45, 2.75) is 52.7 Å². The lowest BCUT2D eigenvalue weighted by Gasteiger charge is -2.45. The fourth-order valence-electron chi connectivity index (χ4n) is 2.81. The van der Waals surface area contributed by atoms with E-state index in [0.29, 0.717) is 17.5 Å². The van der Waals surface area contributed by atoms with Crippen LogP contribution >= 0.6 is 15.9 Å². The first-order valence-electron chi connectivity index (χ1n) is 7.47. The van der Waals surface area contributed by atoms with Gasteiger partial charge in [0.25, 0.3) is 0 Å². The Morgan fingerprint density at radius 1 is 1.40 bits per heavy atom. The molecule has 2 unspecified atom stereocenters. The Kier molecular flexibility index (Phi) is 5.21. The van der Waals surface area contributed by atoms with E-state index in [1.807, 2.05) is 12.4 Å². The molecule has 112 valence electrons. The van der Waals surface area contributed by atoms with Crippen LogP contribution in [0.4, 0.5) is 0 Å². The molecule has 0 amide bonds. The molecule has 1 aliphatic heterocycles. The van der Waals surface area contributed by atoms with E-state index in [2.05, 4.69) is 64.9 Å². The molecule has 2 atom stereocenters. The second kappa shape index (κ2) is 6.54. The molecule has 0 radical (unpaired) electrons. The zero-order valence-electron chi connectivity index (χ0n) is 13.0. The largest absolute Gasteiger partial charge is 0.311 e. The lowest BCUT2D eigenvalue weighted by Crippen LogP contribution is -2.59. The van der Waals surface area contributed by atoms with Crippen molar-refractivity contribution in [1.82, 2.24) is 15.2 Å². The average molecular weight is 340 g/mol. The van der Waals surface area contributed by atoms with E-state index in [9.17, 15) is 0 Å². The third-order valence-electron chi connectivity index (χ3n) is 4.20. The Labute approximate surface area is 131 Å². The van der Waals surface area contributed by atoms with Gasteiger partial charge >= 0.3 is 0 Å². The molecule has 1 N–H and O–H groups in total. The number of hydrogen-bond acceptors (Lipinski definition) is 3. The summed E-state index contributed by atoms with van der Waals surface area (Å²) in [5.74, 6) is 0. The summed E-state index contributed by atoms with van der Waals surface area (Å²) < 4.78 is 1.06. The van der Waals surface area contributed by atoms with Crippen molar-refractivity contribution in [2.24, 2.45) is 5.41 Å². The summed E-state index contributed by atoms with van der Waals surface area (Å²) in [7, 11) is 0. The van der Waals surface area contributed by atoms with Gasteiger partial charge < -0.3 is 5.32 Å². The minimum Gasteiger partial charge on any atom is -0.311 e. The molecule has 0 aromatic carbocycles. The average Bonchev–Trinajstić information content (AvgIpc) is 2.37. The summed E-state index contributed by atoms with van der Waals surface area (Å²) in [5.41, 5.74) is 1.58. The molecule has 1 saturated heterocycles. The van der Waals surface area contributed by atoms with Crippen LogP contribution in [0.2, 0.25) is 0 Å². The molecular formula is C16H26BrN3. The maximum absolute atomic E-state index is 4.28. The fraction of sp³-hybridized carbons (Fsp3) is 0.688. The Bertz CT molecular complexity index is 442. The molecule has 1 aromatic rings. The van der Waals surface area contributed by atoms with E-state index >= 15 is 0 Å². The Morgan fingerprint density at radius 3 is 2.75 bits per heavy atom. The monoisotopic (exact) mass is 339 g/mol. The van der Waals surface area contributed by atoms with Gasteiger partial charge in [0.1, 0.15) is 0 Å². The number of aromatic nitrogens is 1. The van der Waals surface area contributed by atoms with Crippen LogP contribution in [-0.2, 0) is 6.54 Å². The molecule has 0 spiro atoms. The third-order valence-corrected chi connectivity index (χ3v) is 4.63. The van der Waals surface area contributed by atoms with Gasteiger partial charge in [0.2, 0.25) is 0 Å². The zero-order valence-corrected chi connectivity index (χ0v) is 14.6. The van der Waals surface area contributed by atoms with Crippen molar-refractivity contribution in [1.29, 1.82) is 0 Å². The van der Waals surface area contributed by atoms with Crippen LogP contribution in [0.3, 0.4) is 0 Å². The summed E-state index contributed by atoms with van der Waals surface area (Å²) >= 11 is 3.51. The first-order chi connectivity index (χ1) is 9.40. The van der Waals surface area contributed by atoms with E-state index in [1.165, 1.54) is 12.0 Å². The fourth-order valence-corrected chi connectivity index (χ4v) is 3.22. The van der Waals surface area contributed by atoms with Crippen LogP contribution in [-0.4, -0.2) is 35.1 Å². The molecule has 1 aliphatic rings. The number of nitrogens with one attached hydrogen (secondary N) is 1. The predicted octanol–water partition coefficient (Wildman–Crippen LogP) is 3.44. The van der Waals surface area contributed by atoms with Crippen LogP contribution < -0.4 is 5.32 Å². The van der Waals surface area contributed by atoms with E-state index in [-0.39, 0.29) is 0 Å². The quantitative estimate of drug-likeness (QED) is 0.914. The van der Waals surface area contributed by atoms with Gasteiger partial charge in [0.15, 0.2) is 0 Å². The third kappa shape index (κ3) is 4.03. The molecule has 3 nitrogen and oxygen atoms in total. The van der Waals surface area contributed by atoms with Gasteiger partial charge in [0.05, 0.1) is 0 Å². The smallest absolute Gasteiger partial charge is 0.0410 e. The van der Waals surface area contributed by atoms with Crippen LogP contribution in [0.25, 0.3) is 0 Å². The van der Waals surface area contributed by atoms with Crippen LogP contribution in [0.1, 0.15) is 39.7 Å². The molecule has 2 rings (SSSR count). The highest BCUT2D eigenvalue weighted by Gasteiger charge is 2.33.